The van der Waals surface area contributed by atoms with Crippen molar-refractivity contribution in [3.05, 3.63) is 41.8 Å². The van der Waals surface area contributed by atoms with E-state index in [4.69, 9.17) is 15.6 Å². The molecule has 5 N–H and O–H groups in total. The van der Waals surface area contributed by atoms with Gasteiger partial charge in [0, 0.05) is 17.0 Å². The number of carboxylic acid groups (broad SMARTS) is 1. The molecule has 3 heterocycles. The number of ether oxygens (including phenoxy) is 1. The monoisotopic (exact) mass is 487 g/mol. The first-order chi connectivity index (χ1) is 15.9. The minimum absolute atomic E-state index is 0.0232. The molecule has 1 unspecified atom stereocenters. The Labute approximate surface area is 196 Å². The summed E-state index contributed by atoms with van der Waals surface area (Å²) in [4.78, 5) is 42.0. The summed E-state index contributed by atoms with van der Waals surface area (Å²) in [5, 5.41) is 15.0. The predicted molar refractivity (Wildman–Crippen MR) is 126 cm³/mol. The minimum atomic E-state index is -1.47. The largest absolute Gasteiger partial charge is 0.512 e. The number of hydrogen-bond donors (Lipinski definition) is 4. The van der Waals surface area contributed by atoms with Gasteiger partial charge >= 0.3 is 6.16 Å². The highest BCUT2D eigenvalue weighted by atomic mass is 32.2. The van der Waals surface area contributed by atoms with Crippen molar-refractivity contribution in [3.63, 3.8) is 0 Å². The van der Waals surface area contributed by atoms with Gasteiger partial charge in [-0.05, 0) is 37.0 Å². The summed E-state index contributed by atoms with van der Waals surface area (Å²) >= 11 is 2.83. The van der Waals surface area contributed by atoms with Crippen molar-refractivity contribution in [2.75, 3.05) is 23.3 Å². The fourth-order valence-corrected chi connectivity index (χ4v) is 5.76. The summed E-state index contributed by atoms with van der Waals surface area (Å²) in [6, 6.07) is 4.74. The highest BCUT2D eigenvalue weighted by Gasteiger charge is 2.53. The fourth-order valence-electron chi connectivity index (χ4n) is 3.69. The molecule has 0 spiro atoms. The Kier molecular flexibility index (Phi) is 5.62. The van der Waals surface area contributed by atoms with Crippen LogP contribution in [0.3, 0.4) is 0 Å². The highest BCUT2D eigenvalue weighted by molar-refractivity contribution is 8.00. The third-order valence-corrected chi connectivity index (χ3v) is 7.65. The van der Waals surface area contributed by atoms with Crippen LogP contribution in [0, 0.1) is 5.92 Å². The van der Waals surface area contributed by atoms with E-state index in [0.717, 1.165) is 28.7 Å². The number of aromatic nitrogens is 1. The predicted octanol–water partition coefficient (Wildman–Crippen LogP) is 2.56. The number of nitrogens with two attached hydrogens (primary N) is 1. The summed E-state index contributed by atoms with van der Waals surface area (Å²) in [5.41, 5.74) is 7.91. The molecule has 12 heteroatoms. The van der Waals surface area contributed by atoms with Crippen LogP contribution in [-0.2, 0) is 14.3 Å². The van der Waals surface area contributed by atoms with Gasteiger partial charge in [-0.25, -0.2) is 9.78 Å². The van der Waals surface area contributed by atoms with Crippen molar-refractivity contribution in [1.82, 2.24) is 15.2 Å². The van der Waals surface area contributed by atoms with Gasteiger partial charge in [0.25, 0.3) is 5.91 Å². The van der Waals surface area contributed by atoms with Crippen LogP contribution in [0.15, 0.2) is 41.8 Å². The maximum atomic E-state index is 12.8. The molecule has 10 nitrogen and oxygen atoms in total. The Morgan fingerprint density at radius 2 is 2.18 bits per heavy atom. The summed E-state index contributed by atoms with van der Waals surface area (Å²) in [6.07, 6.45) is 4.62. The second kappa shape index (κ2) is 8.60. The van der Waals surface area contributed by atoms with Crippen molar-refractivity contribution < 1.29 is 24.2 Å². The number of thioether (sulfide) groups is 1. The van der Waals surface area contributed by atoms with Gasteiger partial charge < -0.3 is 26.2 Å². The van der Waals surface area contributed by atoms with E-state index < -0.39 is 23.5 Å². The van der Waals surface area contributed by atoms with Crippen molar-refractivity contribution in [3.8, 4) is 0 Å². The first kappa shape index (κ1) is 21.6. The van der Waals surface area contributed by atoms with Crippen molar-refractivity contribution in [2.24, 2.45) is 5.92 Å². The lowest BCUT2D eigenvalue weighted by Crippen LogP contribution is -2.70. The topological polar surface area (TPSA) is 147 Å². The van der Waals surface area contributed by atoms with Crippen LogP contribution in [0.5, 0.6) is 0 Å². The molecule has 1 aromatic heterocycles. The lowest BCUT2D eigenvalue weighted by molar-refractivity contribution is -0.148. The number of fused-ring (bicyclic) bond motifs is 2. The number of carbonyl (C=O) groups excluding carboxylic acids is 2. The molecule has 2 aliphatic heterocycles. The average Bonchev–Trinajstić information content (AvgIpc) is 3.53. The molecule has 0 radical (unpaired) electrons. The molecule has 5 rings (SSSR count). The number of anilines is 2. The Morgan fingerprint density at radius 3 is 2.94 bits per heavy atom. The van der Waals surface area contributed by atoms with Gasteiger partial charge in [-0.2, -0.15) is 0 Å². The van der Waals surface area contributed by atoms with Crippen LogP contribution in [0.1, 0.15) is 12.8 Å². The van der Waals surface area contributed by atoms with Gasteiger partial charge in [-0.15, -0.1) is 11.8 Å². The van der Waals surface area contributed by atoms with Crippen LogP contribution in [-0.4, -0.2) is 56.7 Å². The number of benzene rings is 1. The SMILES string of the molecule is Nc1nc2ccc(NCC(=O)NC3C(=O)N4C(OC(=O)O)=C(/C=C\C5CC5)CS[C@@H]34)cc2s1. The number of amides is 2. The number of hydrogen-bond acceptors (Lipinski definition) is 9. The average molecular weight is 488 g/mol. The van der Waals surface area contributed by atoms with Crippen LogP contribution >= 0.6 is 23.1 Å². The van der Waals surface area contributed by atoms with Crippen molar-refractivity contribution in [1.29, 1.82) is 0 Å². The molecule has 1 saturated heterocycles. The van der Waals surface area contributed by atoms with E-state index in [2.05, 4.69) is 15.6 Å². The summed E-state index contributed by atoms with van der Waals surface area (Å²) in [7, 11) is 0. The molecule has 1 saturated carbocycles. The lowest BCUT2D eigenvalue weighted by Gasteiger charge is -2.48. The van der Waals surface area contributed by atoms with E-state index in [0.29, 0.717) is 22.4 Å². The molecule has 172 valence electrons. The third kappa shape index (κ3) is 4.48. The molecule has 1 aromatic carbocycles. The fraction of sp³-hybridized carbons (Fsp3) is 0.333. The molecule has 2 amide bonds. The highest BCUT2D eigenvalue weighted by Crippen LogP contribution is 2.41. The Balaban J connectivity index is 1.21. The Bertz CT molecular complexity index is 1200. The Morgan fingerprint density at radius 1 is 1.36 bits per heavy atom. The number of nitrogen functional groups attached to an aromatic ring is 1. The van der Waals surface area contributed by atoms with Crippen molar-refractivity contribution in [2.45, 2.75) is 24.3 Å². The van der Waals surface area contributed by atoms with E-state index in [1.807, 2.05) is 24.3 Å². The quantitative estimate of drug-likeness (QED) is 0.342. The zero-order valence-electron chi connectivity index (χ0n) is 17.3. The van der Waals surface area contributed by atoms with Gasteiger partial charge in [-0.1, -0.05) is 23.5 Å². The lowest BCUT2D eigenvalue weighted by atomic mass is 10.1. The van der Waals surface area contributed by atoms with Gasteiger partial charge in [0.2, 0.25) is 11.8 Å². The van der Waals surface area contributed by atoms with Crippen LogP contribution in [0.4, 0.5) is 15.6 Å². The smallest absolute Gasteiger partial charge is 0.449 e. The molecule has 1 aliphatic carbocycles. The van der Waals surface area contributed by atoms with E-state index in [-0.39, 0.29) is 18.3 Å². The van der Waals surface area contributed by atoms with E-state index in [1.165, 1.54) is 28.0 Å². The summed E-state index contributed by atoms with van der Waals surface area (Å²) in [6.45, 7) is -0.0232. The molecule has 3 aliphatic rings. The molecular formula is C21H21N5O5S2. The second-order valence-electron chi connectivity index (χ2n) is 7.94. The second-order valence-corrected chi connectivity index (χ2v) is 10.1. The zero-order chi connectivity index (χ0) is 23.1. The van der Waals surface area contributed by atoms with Crippen molar-refractivity contribution >= 4 is 62.1 Å². The molecule has 33 heavy (non-hydrogen) atoms. The number of thiazole rings is 1. The standard InChI is InChI=1S/C21H21N5O5S2/c22-20-24-13-6-5-12(7-14(13)33-20)23-8-15(27)25-16-17(28)26-18(31-21(29)30)11(9-32-19(16)26)4-3-10-1-2-10/h3-7,10,16,19,23H,1-2,8-9H2,(H2,22,24)(H,25,27)(H,29,30)/b4-3-/t16?,19-/m0/s1. The molecular weight excluding hydrogens is 466 g/mol. The third-order valence-electron chi connectivity index (χ3n) is 5.50. The zero-order valence-corrected chi connectivity index (χ0v) is 18.9. The van der Waals surface area contributed by atoms with Crippen LogP contribution < -0.4 is 16.4 Å². The normalized spacial score (nSPS) is 22.3. The molecule has 2 atom stereocenters. The number of β-lactam (4-membered cyclic amide) rings is 1. The van der Waals surface area contributed by atoms with E-state index in [1.54, 1.807) is 6.07 Å². The first-order valence-electron chi connectivity index (χ1n) is 10.3. The summed E-state index contributed by atoms with van der Waals surface area (Å²) < 4.78 is 5.86. The molecule has 0 bridgehead atoms. The number of nitrogens with one attached hydrogen (secondary N) is 2. The molecule has 2 aromatic rings. The molecule has 2 fully saturated rings. The number of rotatable bonds is 7. The van der Waals surface area contributed by atoms with Gasteiger partial charge in [-0.3, -0.25) is 14.5 Å². The van der Waals surface area contributed by atoms with Crippen LogP contribution in [0.25, 0.3) is 10.2 Å². The number of allylic oxidation sites excluding steroid dienone is 2. The van der Waals surface area contributed by atoms with Gasteiger partial charge in [0.1, 0.15) is 11.4 Å². The first-order valence-corrected chi connectivity index (χ1v) is 12.2. The van der Waals surface area contributed by atoms with E-state index >= 15 is 0 Å². The summed E-state index contributed by atoms with van der Waals surface area (Å²) in [5.74, 6) is 0.293. The van der Waals surface area contributed by atoms with Crippen LogP contribution in [0.2, 0.25) is 0 Å². The number of carbonyl (C=O) groups is 3. The maximum absolute atomic E-state index is 12.8. The van der Waals surface area contributed by atoms with Gasteiger partial charge in [0.15, 0.2) is 5.13 Å². The number of nitrogens with zero attached hydrogens (tertiary/aromatic N) is 2. The maximum Gasteiger partial charge on any atom is 0.512 e. The minimum Gasteiger partial charge on any atom is -0.449 e. The van der Waals surface area contributed by atoms with E-state index in [9.17, 15) is 14.4 Å². The van der Waals surface area contributed by atoms with Gasteiger partial charge in [0.05, 0.1) is 16.8 Å². The Hall–Kier alpha value is -3.25.